The molecular formula is C16H13N2O4-. The smallest absolute Gasteiger partial charge is 0.273 e. The zero-order valence-corrected chi connectivity index (χ0v) is 11.5. The molecule has 112 valence electrons. The van der Waals surface area contributed by atoms with Crippen molar-refractivity contribution in [3.63, 3.8) is 0 Å². The van der Waals surface area contributed by atoms with Crippen LogP contribution >= 0.6 is 0 Å². The summed E-state index contributed by atoms with van der Waals surface area (Å²) in [7, 11) is 0. The summed E-state index contributed by atoms with van der Waals surface area (Å²) in [5.74, 6) is -1.92. The van der Waals surface area contributed by atoms with E-state index in [0.717, 1.165) is 0 Å². The number of aromatic carboxylic acids is 1. The van der Waals surface area contributed by atoms with E-state index in [1.165, 1.54) is 30.5 Å². The molecule has 0 aliphatic rings. The summed E-state index contributed by atoms with van der Waals surface area (Å²) in [6.45, 7) is 0. The summed E-state index contributed by atoms with van der Waals surface area (Å²) in [6.07, 6.45) is 0.0353. The highest BCUT2D eigenvalue weighted by Crippen LogP contribution is 2.11. The van der Waals surface area contributed by atoms with Gasteiger partial charge in [0.1, 0.15) is 0 Å². The molecule has 0 saturated carbocycles. The molecule has 0 heterocycles. The Bertz CT molecular complexity index is 681. The third-order valence-electron chi connectivity index (χ3n) is 2.90. The summed E-state index contributed by atoms with van der Waals surface area (Å²) in [5.41, 5.74) is 3.34. The van der Waals surface area contributed by atoms with E-state index < -0.39 is 18.0 Å². The number of nitrogens with one attached hydrogen (secondary N) is 1. The molecule has 22 heavy (non-hydrogen) atoms. The van der Waals surface area contributed by atoms with Gasteiger partial charge in [0.05, 0.1) is 12.2 Å². The number of hydrogen-bond donors (Lipinski definition) is 2. The first-order chi connectivity index (χ1) is 10.6. The van der Waals surface area contributed by atoms with Crippen LogP contribution in [0.1, 0.15) is 27.6 Å². The Morgan fingerprint density at radius 2 is 1.73 bits per heavy atom. The molecule has 1 atom stereocenters. The molecule has 0 bridgehead atoms. The Labute approximate surface area is 126 Å². The van der Waals surface area contributed by atoms with Crippen LogP contribution in [0.4, 0.5) is 0 Å². The van der Waals surface area contributed by atoms with Gasteiger partial charge in [-0.1, -0.05) is 54.6 Å². The second kappa shape index (κ2) is 7.14. The number of carbonyl (C=O) groups excluding carboxylic acids is 2. The molecule has 0 saturated heterocycles. The molecule has 2 rings (SSSR count). The SMILES string of the molecule is O=C([O-])c1ccc(/C=N\NC(=O)[C@@H](O)c2ccccc2)cc1. The van der Waals surface area contributed by atoms with Gasteiger partial charge < -0.3 is 15.0 Å². The summed E-state index contributed by atoms with van der Waals surface area (Å²) in [4.78, 5) is 22.3. The highest BCUT2D eigenvalue weighted by atomic mass is 16.4. The first kappa shape index (κ1) is 15.4. The lowest BCUT2D eigenvalue weighted by molar-refractivity contribution is -0.255. The number of aliphatic hydroxyl groups excluding tert-OH is 1. The van der Waals surface area contributed by atoms with Crippen molar-refractivity contribution in [2.75, 3.05) is 0 Å². The van der Waals surface area contributed by atoms with Crippen LogP contribution in [0.25, 0.3) is 0 Å². The minimum atomic E-state index is -1.31. The first-order valence-electron chi connectivity index (χ1n) is 6.45. The van der Waals surface area contributed by atoms with Crippen molar-refractivity contribution in [1.29, 1.82) is 0 Å². The standard InChI is InChI=1S/C16H14N2O4/c19-14(12-4-2-1-3-5-12)15(20)18-17-10-11-6-8-13(9-7-11)16(21)22/h1-10,14,19H,(H,18,20)(H,21,22)/p-1/b17-10-/t14-/m0/s1. The zero-order valence-electron chi connectivity index (χ0n) is 11.5. The maximum absolute atomic E-state index is 11.7. The molecule has 0 aliphatic heterocycles. The van der Waals surface area contributed by atoms with Gasteiger partial charge in [0.15, 0.2) is 6.10 Å². The van der Waals surface area contributed by atoms with Crippen molar-refractivity contribution in [2.24, 2.45) is 5.10 Å². The largest absolute Gasteiger partial charge is 0.545 e. The Morgan fingerprint density at radius 3 is 2.32 bits per heavy atom. The van der Waals surface area contributed by atoms with Crippen molar-refractivity contribution in [2.45, 2.75) is 6.10 Å². The lowest BCUT2D eigenvalue weighted by Gasteiger charge is -2.08. The lowest BCUT2D eigenvalue weighted by atomic mass is 10.1. The number of carboxylic acid groups (broad SMARTS) is 1. The molecule has 0 unspecified atom stereocenters. The predicted octanol–water partition coefficient (Wildman–Crippen LogP) is 0.234. The fourth-order valence-electron chi connectivity index (χ4n) is 1.72. The van der Waals surface area contributed by atoms with Gasteiger partial charge in [0, 0.05) is 0 Å². The maximum Gasteiger partial charge on any atom is 0.273 e. The van der Waals surface area contributed by atoms with E-state index in [9.17, 15) is 19.8 Å². The molecule has 2 aromatic carbocycles. The molecule has 0 radical (unpaired) electrons. The topological polar surface area (TPSA) is 102 Å². The lowest BCUT2D eigenvalue weighted by Crippen LogP contribution is -2.25. The highest BCUT2D eigenvalue weighted by molar-refractivity contribution is 5.88. The Kier molecular flexibility index (Phi) is 5.00. The van der Waals surface area contributed by atoms with Gasteiger partial charge in [-0.15, -0.1) is 0 Å². The van der Waals surface area contributed by atoms with Crippen LogP contribution < -0.4 is 10.5 Å². The Hall–Kier alpha value is -2.99. The minimum absolute atomic E-state index is 0.0562. The zero-order chi connectivity index (χ0) is 15.9. The Balaban J connectivity index is 1.94. The van der Waals surface area contributed by atoms with Crippen LogP contribution in [0.15, 0.2) is 59.7 Å². The average Bonchev–Trinajstić information content (AvgIpc) is 2.55. The fraction of sp³-hybridized carbons (Fsp3) is 0.0625. The molecule has 0 aliphatic carbocycles. The monoisotopic (exact) mass is 297 g/mol. The second-order valence-electron chi connectivity index (χ2n) is 4.46. The van der Waals surface area contributed by atoms with Crippen molar-refractivity contribution in [3.8, 4) is 0 Å². The molecule has 6 nitrogen and oxygen atoms in total. The fourth-order valence-corrected chi connectivity index (χ4v) is 1.72. The van der Waals surface area contributed by atoms with Gasteiger partial charge in [0.25, 0.3) is 5.91 Å². The number of rotatable bonds is 5. The van der Waals surface area contributed by atoms with Crippen molar-refractivity contribution < 1.29 is 19.8 Å². The number of benzene rings is 2. The summed E-state index contributed by atoms with van der Waals surface area (Å²) >= 11 is 0. The van der Waals surface area contributed by atoms with E-state index in [4.69, 9.17) is 0 Å². The molecule has 1 amide bonds. The van der Waals surface area contributed by atoms with Crippen LogP contribution in [0.5, 0.6) is 0 Å². The normalized spacial score (nSPS) is 12.0. The van der Waals surface area contributed by atoms with E-state index in [-0.39, 0.29) is 5.56 Å². The van der Waals surface area contributed by atoms with Gasteiger partial charge >= 0.3 is 0 Å². The molecule has 0 aromatic heterocycles. The number of carboxylic acids is 1. The number of hydrazone groups is 1. The maximum atomic E-state index is 11.7. The van der Waals surface area contributed by atoms with Crippen LogP contribution in [-0.4, -0.2) is 23.2 Å². The van der Waals surface area contributed by atoms with Gasteiger partial charge in [-0.3, -0.25) is 4.79 Å². The van der Waals surface area contributed by atoms with Crippen LogP contribution in [0, 0.1) is 0 Å². The van der Waals surface area contributed by atoms with E-state index >= 15 is 0 Å². The van der Waals surface area contributed by atoms with Crippen LogP contribution in [-0.2, 0) is 4.79 Å². The predicted molar refractivity (Wildman–Crippen MR) is 77.9 cm³/mol. The number of nitrogens with zero attached hydrogens (tertiary/aromatic N) is 1. The molecule has 6 heteroatoms. The van der Waals surface area contributed by atoms with Gasteiger partial charge in [-0.25, -0.2) is 5.43 Å². The third-order valence-corrected chi connectivity index (χ3v) is 2.90. The summed E-state index contributed by atoms with van der Waals surface area (Å²) < 4.78 is 0. The van der Waals surface area contributed by atoms with Crippen LogP contribution in [0.3, 0.4) is 0 Å². The van der Waals surface area contributed by atoms with Crippen molar-refractivity contribution >= 4 is 18.1 Å². The Morgan fingerprint density at radius 1 is 1.09 bits per heavy atom. The molecule has 0 fully saturated rings. The average molecular weight is 297 g/mol. The molecular weight excluding hydrogens is 284 g/mol. The van der Waals surface area contributed by atoms with E-state index in [2.05, 4.69) is 10.5 Å². The van der Waals surface area contributed by atoms with Crippen LogP contribution in [0.2, 0.25) is 0 Å². The highest BCUT2D eigenvalue weighted by Gasteiger charge is 2.15. The second-order valence-corrected chi connectivity index (χ2v) is 4.46. The first-order valence-corrected chi connectivity index (χ1v) is 6.45. The number of amides is 1. The summed E-state index contributed by atoms with van der Waals surface area (Å²) in [6, 6.07) is 14.3. The minimum Gasteiger partial charge on any atom is -0.545 e. The molecule has 2 N–H and O–H groups in total. The van der Waals surface area contributed by atoms with Crippen molar-refractivity contribution in [1.82, 2.24) is 5.43 Å². The molecule has 0 spiro atoms. The third kappa shape index (κ3) is 4.00. The van der Waals surface area contributed by atoms with Gasteiger partial charge in [0.2, 0.25) is 0 Å². The van der Waals surface area contributed by atoms with E-state index in [1.54, 1.807) is 30.3 Å². The molecule has 2 aromatic rings. The number of carbonyl (C=O) groups is 2. The van der Waals surface area contributed by atoms with E-state index in [0.29, 0.717) is 11.1 Å². The number of aliphatic hydroxyl groups is 1. The van der Waals surface area contributed by atoms with Gasteiger partial charge in [-0.2, -0.15) is 5.10 Å². The quantitative estimate of drug-likeness (QED) is 0.609. The van der Waals surface area contributed by atoms with Crippen molar-refractivity contribution in [3.05, 3.63) is 71.3 Å². The summed E-state index contributed by atoms with van der Waals surface area (Å²) in [5, 5.41) is 24.1. The number of hydrogen-bond acceptors (Lipinski definition) is 5. The van der Waals surface area contributed by atoms with Gasteiger partial charge in [-0.05, 0) is 16.7 Å². The van der Waals surface area contributed by atoms with E-state index in [1.807, 2.05) is 0 Å².